The first kappa shape index (κ1) is 33.1. The van der Waals surface area contributed by atoms with Crippen LogP contribution < -0.4 is 0 Å². The zero-order chi connectivity index (χ0) is 31.5. The number of hydrogen-bond acceptors (Lipinski definition) is 3. The lowest BCUT2D eigenvalue weighted by Gasteiger charge is -2.23. The van der Waals surface area contributed by atoms with Crippen LogP contribution in [-0.2, 0) is 40.6 Å². The molecular formula is C40H44N2O3. The van der Waals surface area contributed by atoms with Gasteiger partial charge in [-0.3, -0.25) is 14.4 Å². The summed E-state index contributed by atoms with van der Waals surface area (Å²) in [6, 6.07) is 40.2. The predicted molar refractivity (Wildman–Crippen MR) is 181 cm³/mol. The SMILES string of the molecule is O=C/C(=C\CCCCC(=O)N(Cc1ccccc1)Cc1ccccc1)CCCC(=O)N(Cc1ccccc1)Cc1ccccc1. The lowest BCUT2D eigenvalue weighted by Crippen LogP contribution is -2.30. The van der Waals surface area contributed by atoms with Crippen molar-refractivity contribution in [2.45, 2.75) is 71.1 Å². The van der Waals surface area contributed by atoms with Crippen LogP contribution in [0.4, 0.5) is 0 Å². The molecule has 0 bridgehead atoms. The number of allylic oxidation sites excluding steroid dienone is 2. The van der Waals surface area contributed by atoms with Gasteiger partial charge in [-0.1, -0.05) is 127 Å². The number of rotatable bonds is 18. The van der Waals surface area contributed by atoms with Gasteiger partial charge >= 0.3 is 0 Å². The first-order valence-electron chi connectivity index (χ1n) is 16.0. The third kappa shape index (κ3) is 12.0. The summed E-state index contributed by atoms with van der Waals surface area (Å²) in [4.78, 5) is 42.1. The number of hydrogen-bond donors (Lipinski definition) is 0. The lowest BCUT2D eigenvalue weighted by atomic mass is 10.1. The molecule has 0 fully saturated rings. The molecule has 0 spiro atoms. The number of aldehydes is 1. The lowest BCUT2D eigenvalue weighted by molar-refractivity contribution is -0.133. The Balaban J connectivity index is 1.22. The van der Waals surface area contributed by atoms with Crippen LogP contribution in [0.15, 0.2) is 133 Å². The molecule has 0 N–H and O–H groups in total. The standard InChI is InChI=1S/C40H44N2O3/c43-33-38(26-16-28-40(45)42(31-36-21-10-3-11-22-36)32-37-23-12-4-13-24-37)25-14-5-15-27-39(44)41(29-34-17-6-1-7-18-34)30-35-19-8-2-9-20-35/h1-4,6-13,17-25,33H,5,14-16,26-32H2/b38-25-. The van der Waals surface area contributed by atoms with Gasteiger partial charge in [-0.15, -0.1) is 0 Å². The van der Waals surface area contributed by atoms with Crippen LogP contribution in [0.1, 0.15) is 67.2 Å². The van der Waals surface area contributed by atoms with Crippen molar-refractivity contribution >= 4 is 18.1 Å². The molecule has 0 saturated carbocycles. The Morgan fingerprint density at radius 1 is 0.467 bits per heavy atom. The van der Waals surface area contributed by atoms with Crippen molar-refractivity contribution in [3.8, 4) is 0 Å². The number of carbonyl (C=O) groups is 3. The molecule has 4 rings (SSSR count). The van der Waals surface area contributed by atoms with Crippen LogP contribution in [-0.4, -0.2) is 27.9 Å². The highest BCUT2D eigenvalue weighted by Crippen LogP contribution is 2.17. The van der Waals surface area contributed by atoms with Crippen LogP contribution in [0.25, 0.3) is 0 Å². The summed E-state index contributed by atoms with van der Waals surface area (Å²) in [6.07, 6.45) is 7.25. The van der Waals surface area contributed by atoms with Gasteiger partial charge in [0, 0.05) is 39.0 Å². The molecular weight excluding hydrogens is 556 g/mol. The fourth-order valence-electron chi connectivity index (χ4n) is 5.36. The molecule has 0 atom stereocenters. The number of unbranched alkanes of at least 4 members (excludes halogenated alkanes) is 2. The molecule has 4 aromatic rings. The summed E-state index contributed by atoms with van der Waals surface area (Å²) >= 11 is 0. The number of benzene rings is 4. The topological polar surface area (TPSA) is 57.7 Å². The monoisotopic (exact) mass is 600 g/mol. The molecule has 0 aliphatic carbocycles. The van der Waals surface area contributed by atoms with Crippen molar-refractivity contribution in [1.82, 2.24) is 9.80 Å². The van der Waals surface area contributed by atoms with Crippen LogP contribution in [0.2, 0.25) is 0 Å². The molecule has 0 aliphatic heterocycles. The van der Waals surface area contributed by atoms with Gasteiger partial charge in [-0.2, -0.15) is 0 Å². The van der Waals surface area contributed by atoms with E-state index in [1.165, 1.54) is 0 Å². The summed E-state index contributed by atoms with van der Waals surface area (Å²) in [5.74, 6) is 0.221. The highest BCUT2D eigenvalue weighted by Gasteiger charge is 2.16. The number of amides is 2. The first-order chi connectivity index (χ1) is 22.1. The van der Waals surface area contributed by atoms with Gasteiger partial charge in [0.1, 0.15) is 6.29 Å². The molecule has 0 aliphatic rings. The van der Waals surface area contributed by atoms with Gasteiger partial charge in [0.2, 0.25) is 11.8 Å². The summed E-state index contributed by atoms with van der Waals surface area (Å²) < 4.78 is 0. The van der Waals surface area contributed by atoms with E-state index in [1.807, 2.05) is 113 Å². The average molecular weight is 601 g/mol. The molecule has 232 valence electrons. The zero-order valence-electron chi connectivity index (χ0n) is 26.1. The second kappa shape index (κ2) is 18.8. The first-order valence-corrected chi connectivity index (χ1v) is 16.0. The maximum absolute atomic E-state index is 13.3. The van der Waals surface area contributed by atoms with Gasteiger partial charge in [0.25, 0.3) is 0 Å². The molecule has 0 aromatic heterocycles. The van der Waals surface area contributed by atoms with E-state index in [1.54, 1.807) is 0 Å². The van der Waals surface area contributed by atoms with E-state index >= 15 is 0 Å². The fourth-order valence-corrected chi connectivity index (χ4v) is 5.36. The van der Waals surface area contributed by atoms with Gasteiger partial charge < -0.3 is 9.80 Å². The van der Waals surface area contributed by atoms with Crippen LogP contribution in [0.5, 0.6) is 0 Å². The normalized spacial score (nSPS) is 11.2. The molecule has 4 aromatic carbocycles. The molecule has 0 heterocycles. The second-order valence-corrected chi connectivity index (χ2v) is 11.4. The Labute approximate surface area is 268 Å². The summed E-state index contributed by atoms with van der Waals surface area (Å²) in [5.41, 5.74) is 5.14. The van der Waals surface area contributed by atoms with E-state index in [4.69, 9.17) is 0 Å². The van der Waals surface area contributed by atoms with Crippen molar-refractivity contribution in [3.63, 3.8) is 0 Å². The Bertz CT molecular complexity index is 1390. The van der Waals surface area contributed by atoms with E-state index in [0.29, 0.717) is 51.9 Å². The molecule has 5 nitrogen and oxygen atoms in total. The van der Waals surface area contributed by atoms with Gasteiger partial charge in [0.15, 0.2) is 0 Å². The van der Waals surface area contributed by atoms with Crippen LogP contribution >= 0.6 is 0 Å². The maximum atomic E-state index is 13.3. The summed E-state index contributed by atoms with van der Waals surface area (Å²) in [5, 5.41) is 0. The minimum atomic E-state index is 0.0852. The number of carbonyl (C=O) groups excluding carboxylic acids is 3. The smallest absolute Gasteiger partial charge is 0.223 e. The molecule has 5 heteroatoms. The average Bonchev–Trinajstić information content (AvgIpc) is 3.08. The second-order valence-electron chi connectivity index (χ2n) is 11.4. The third-order valence-electron chi connectivity index (χ3n) is 7.83. The quantitative estimate of drug-likeness (QED) is 0.0656. The van der Waals surface area contributed by atoms with Crippen molar-refractivity contribution in [2.75, 3.05) is 0 Å². The Morgan fingerprint density at radius 3 is 1.18 bits per heavy atom. The maximum Gasteiger partial charge on any atom is 0.223 e. The van der Waals surface area contributed by atoms with Crippen molar-refractivity contribution in [3.05, 3.63) is 155 Å². The van der Waals surface area contributed by atoms with E-state index in [0.717, 1.165) is 53.4 Å². The summed E-state index contributed by atoms with van der Waals surface area (Å²) in [6.45, 7) is 2.27. The van der Waals surface area contributed by atoms with E-state index in [2.05, 4.69) is 24.3 Å². The molecule has 45 heavy (non-hydrogen) atoms. The highest BCUT2D eigenvalue weighted by atomic mass is 16.2. The predicted octanol–water partition coefficient (Wildman–Crippen LogP) is 8.30. The highest BCUT2D eigenvalue weighted by molar-refractivity contribution is 5.77. The molecule has 0 radical (unpaired) electrons. The van der Waals surface area contributed by atoms with Crippen molar-refractivity contribution in [1.29, 1.82) is 0 Å². The molecule has 0 saturated heterocycles. The Hall–Kier alpha value is -4.77. The van der Waals surface area contributed by atoms with E-state index < -0.39 is 0 Å². The number of nitrogens with zero attached hydrogens (tertiary/aromatic N) is 2. The van der Waals surface area contributed by atoms with E-state index in [-0.39, 0.29) is 11.8 Å². The van der Waals surface area contributed by atoms with Crippen molar-refractivity contribution in [2.24, 2.45) is 0 Å². The minimum absolute atomic E-state index is 0.0852. The largest absolute Gasteiger partial charge is 0.334 e. The molecule has 2 amide bonds. The van der Waals surface area contributed by atoms with Gasteiger partial charge in [0.05, 0.1) is 0 Å². The van der Waals surface area contributed by atoms with Gasteiger partial charge in [-0.05, 0) is 59.9 Å². The molecule has 0 unspecified atom stereocenters. The Kier molecular flexibility index (Phi) is 13.8. The van der Waals surface area contributed by atoms with Crippen LogP contribution in [0.3, 0.4) is 0 Å². The van der Waals surface area contributed by atoms with Crippen molar-refractivity contribution < 1.29 is 14.4 Å². The van der Waals surface area contributed by atoms with E-state index in [9.17, 15) is 14.4 Å². The minimum Gasteiger partial charge on any atom is -0.334 e. The van der Waals surface area contributed by atoms with Crippen LogP contribution in [0, 0.1) is 0 Å². The van der Waals surface area contributed by atoms with Gasteiger partial charge in [-0.25, -0.2) is 0 Å². The third-order valence-corrected chi connectivity index (χ3v) is 7.83. The summed E-state index contributed by atoms with van der Waals surface area (Å²) in [7, 11) is 0. The Morgan fingerprint density at radius 2 is 0.822 bits per heavy atom. The zero-order valence-corrected chi connectivity index (χ0v) is 26.1. The fraction of sp³-hybridized carbons (Fsp3) is 0.275.